The van der Waals surface area contributed by atoms with Gasteiger partial charge < -0.3 is 31.1 Å². The fourth-order valence-electron chi connectivity index (χ4n) is 1.93. The van der Waals surface area contributed by atoms with Crippen molar-refractivity contribution in [2.24, 2.45) is 0 Å². The highest BCUT2D eigenvalue weighted by molar-refractivity contribution is 5.89. The summed E-state index contributed by atoms with van der Waals surface area (Å²) < 4.78 is 0. The van der Waals surface area contributed by atoms with Crippen molar-refractivity contribution in [2.75, 3.05) is 6.54 Å². The van der Waals surface area contributed by atoms with Gasteiger partial charge in [0.25, 0.3) is 0 Å². The lowest BCUT2D eigenvalue weighted by Gasteiger charge is -2.22. The molecule has 126 valence electrons. The molecule has 0 aromatic carbocycles. The molecule has 0 bridgehead atoms. The molecule has 0 aromatic rings. The number of carbonyl (C=O) groups is 4. The summed E-state index contributed by atoms with van der Waals surface area (Å²) in [6, 6.07) is -2.41. The number of aliphatic carboxylic acids is 4. The number of carboxylic acids is 4. The van der Waals surface area contributed by atoms with E-state index in [4.69, 9.17) is 20.4 Å². The predicted molar refractivity (Wildman–Crippen MR) is 74.7 cm³/mol. The molecule has 1 aliphatic heterocycles. The maximum Gasteiger partial charge on any atom is 0.351 e. The lowest BCUT2D eigenvalue weighted by Crippen LogP contribution is -2.41. The minimum absolute atomic E-state index is 0.0183. The Morgan fingerprint density at radius 1 is 1.26 bits per heavy atom. The molecule has 2 atom stereocenters. The zero-order valence-corrected chi connectivity index (χ0v) is 11.9. The summed E-state index contributed by atoms with van der Waals surface area (Å²) in [5, 5.41) is 40.2. The van der Waals surface area contributed by atoms with E-state index in [1.54, 1.807) is 0 Å². The SMILES string of the molecule is O=C(O)CC(NCC=C1C=C(C(=O)O)NC(C(=O)O)C1)C(=O)O. The van der Waals surface area contributed by atoms with Gasteiger partial charge >= 0.3 is 23.9 Å². The first-order valence-corrected chi connectivity index (χ1v) is 6.52. The maximum absolute atomic E-state index is 11.0. The second kappa shape index (κ2) is 7.94. The highest BCUT2D eigenvalue weighted by Crippen LogP contribution is 2.16. The van der Waals surface area contributed by atoms with Gasteiger partial charge in [-0.3, -0.25) is 9.59 Å². The number of hydrogen-bond donors (Lipinski definition) is 6. The van der Waals surface area contributed by atoms with Crippen LogP contribution in [-0.2, 0) is 19.2 Å². The molecule has 1 heterocycles. The molecular weight excluding hydrogens is 312 g/mol. The molecule has 0 fully saturated rings. The van der Waals surface area contributed by atoms with Crippen LogP contribution in [0.15, 0.2) is 23.4 Å². The van der Waals surface area contributed by atoms with E-state index in [0.29, 0.717) is 5.57 Å². The third-order valence-electron chi connectivity index (χ3n) is 3.03. The Labute approximate surface area is 130 Å². The summed E-state index contributed by atoms with van der Waals surface area (Å²) >= 11 is 0. The number of nitrogens with one attached hydrogen (secondary N) is 2. The minimum Gasteiger partial charge on any atom is -0.481 e. The van der Waals surface area contributed by atoms with Gasteiger partial charge in [-0.1, -0.05) is 6.08 Å². The van der Waals surface area contributed by atoms with Crippen molar-refractivity contribution in [2.45, 2.75) is 24.9 Å². The van der Waals surface area contributed by atoms with Gasteiger partial charge in [-0.15, -0.1) is 0 Å². The number of carboxylic acid groups (broad SMARTS) is 4. The normalized spacial score (nSPS) is 20.3. The lowest BCUT2D eigenvalue weighted by molar-refractivity contribution is -0.145. The Morgan fingerprint density at radius 2 is 1.91 bits per heavy atom. The molecule has 10 heteroatoms. The van der Waals surface area contributed by atoms with E-state index in [0.717, 1.165) is 0 Å². The number of hydrogen-bond acceptors (Lipinski definition) is 6. The van der Waals surface area contributed by atoms with Gasteiger partial charge in [-0.25, -0.2) is 9.59 Å². The highest BCUT2D eigenvalue weighted by atomic mass is 16.4. The molecule has 0 saturated carbocycles. The summed E-state index contributed by atoms with van der Waals surface area (Å²) in [4.78, 5) is 43.4. The van der Waals surface area contributed by atoms with Crippen LogP contribution in [0.2, 0.25) is 0 Å². The highest BCUT2D eigenvalue weighted by Gasteiger charge is 2.26. The molecule has 23 heavy (non-hydrogen) atoms. The molecule has 0 aromatic heterocycles. The molecule has 0 radical (unpaired) electrons. The van der Waals surface area contributed by atoms with Crippen molar-refractivity contribution >= 4 is 23.9 Å². The van der Waals surface area contributed by atoms with Crippen molar-refractivity contribution < 1.29 is 39.6 Å². The van der Waals surface area contributed by atoms with E-state index in [-0.39, 0.29) is 18.7 Å². The van der Waals surface area contributed by atoms with E-state index in [2.05, 4.69) is 10.6 Å². The zero-order valence-electron chi connectivity index (χ0n) is 11.9. The third kappa shape index (κ3) is 5.79. The molecule has 10 nitrogen and oxygen atoms in total. The Hall–Kier alpha value is -2.88. The molecule has 0 saturated heterocycles. The summed E-state index contributed by atoms with van der Waals surface area (Å²) in [5.74, 6) is -5.14. The Balaban J connectivity index is 2.78. The van der Waals surface area contributed by atoms with E-state index in [1.807, 2.05) is 0 Å². The average molecular weight is 328 g/mol. The third-order valence-corrected chi connectivity index (χ3v) is 3.03. The van der Waals surface area contributed by atoms with Gasteiger partial charge in [0.1, 0.15) is 17.8 Å². The van der Waals surface area contributed by atoms with Crippen LogP contribution in [0.5, 0.6) is 0 Å². The van der Waals surface area contributed by atoms with E-state index < -0.39 is 42.4 Å². The van der Waals surface area contributed by atoms with Crippen LogP contribution in [0, 0.1) is 0 Å². The smallest absolute Gasteiger partial charge is 0.351 e. The van der Waals surface area contributed by atoms with Crippen LogP contribution in [0.3, 0.4) is 0 Å². The van der Waals surface area contributed by atoms with E-state index in [1.165, 1.54) is 12.2 Å². The van der Waals surface area contributed by atoms with Gasteiger partial charge in [0, 0.05) is 13.0 Å². The first kappa shape index (κ1) is 18.2. The van der Waals surface area contributed by atoms with Crippen molar-refractivity contribution in [3.63, 3.8) is 0 Å². The second-order valence-electron chi connectivity index (χ2n) is 4.78. The van der Waals surface area contributed by atoms with E-state index in [9.17, 15) is 19.2 Å². The summed E-state index contributed by atoms with van der Waals surface area (Å²) in [6.45, 7) is -0.0463. The molecule has 0 amide bonds. The topological polar surface area (TPSA) is 173 Å². The largest absolute Gasteiger partial charge is 0.481 e. The van der Waals surface area contributed by atoms with Gasteiger partial charge in [-0.05, 0) is 11.6 Å². The molecule has 1 rings (SSSR count). The van der Waals surface area contributed by atoms with E-state index >= 15 is 0 Å². The van der Waals surface area contributed by atoms with Gasteiger partial charge in [0.15, 0.2) is 0 Å². The lowest BCUT2D eigenvalue weighted by atomic mass is 10.00. The predicted octanol–water partition coefficient (Wildman–Crippen LogP) is -1.15. The van der Waals surface area contributed by atoms with Crippen LogP contribution < -0.4 is 10.6 Å². The quantitative estimate of drug-likeness (QED) is 0.319. The summed E-state index contributed by atoms with van der Waals surface area (Å²) in [6.07, 6.45) is 2.08. The van der Waals surface area contributed by atoms with Crippen molar-refractivity contribution in [1.82, 2.24) is 10.6 Å². The van der Waals surface area contributed by atoms with Crippen LogP contribution in [-0.4, -0.2) is 62.9 Å². The molecule has 0 aliphatic carbocycles. The number of rotatable bonds is 8. The molecule has 0 spiro atoms. The van der Waals surface area contributed by atoms with Crippen molar-refractivity contribution in [3.05, 3.63) is 23.4 Å². The Morgan fingerprint density at radius 3 is 2.39 bits per heavy atom. The summed E-state index contributed by atoms with van der Waals surface area (Å²) in [5.41, 5.74) is 0.107. The van der Waals surface area contributed by atoms with Crippen LogP contribution >= 0.6 is 0 Å². The molecule has 1 aliphatic rings. The minimum atomic E-state index is -1.33. The van der Waals surface area contributed by atoms with Crippen LogP contribution in [0.25, 0.3) is 0 Å². The molecular formula is C13H16N2O8. The Kier molecular flexibility index (Phi) is 6.27. The van der Waals surface area contributed by atoms with Gasteiger partial charge in [0.05, 0.1) is 6.42 Å². The number of allylic oxidation sites excluding steroid dienone is 1. The second-order valence-corrected chi connectivity index (χ2v) is 4.78. The standard InChI is InChI=1S/C13H16N2O8/c16-10(17)5-7(11(18)19)14-2-1-6-3-8(12(20)21)15-9(4-6)13(22)23/h1,3,7,9,14-15H,2,4-5H2,(H,16,17)(H,18,19)(H,20,21)(H,22,23). The first-order valence-electron chi connectivity index (χ1n) is 6.52. The van der Waals surface area contributed by atoms with Crippen LogP contribution in [0.1, 0.15) is 12.8 Å². The van der Waals surface area contributed by atoms with Crippen molar-refractivity contribution in [3.8, 4) is 0 Å². The first-order chi connectivity index (χ1) is 10.7. The fraction of sp³-hybridized carbons (Fsp3) is 0.385. The zero-order chi connectivity index (χ0) is 17.6. The monoisotopic (exact) mass is 328 g/mol. The maximum atomic E-state index is 11.0. The molecule has 6 N–H and O–H groups in total. The average Bonchev–Trinajstić information content (AvgIpc) is 2.45. The van der Waals surface area contributed by atoms with Gasteiger partial charge in [0.2, 0.25) is 0 Å². The van der Waals surface area contributed by atoms with Gasteiger partial charge in [-0.2, -0.15) is 0 Å². The van der Waals surface area contributed by atoms with Crippen molar-refractivity contribution in [1.29, 1.82) is 0 Å². The molecule has 2 unspecified atom stereocenters. The fourth-order valence-corrected chi connectivity index (χ4v) is 1.93. The van der Waals surface area contributed by atoms with Crippen LogP contribution in [0.4, 0.5) is 0 Å². The Bertz CT molecular complexity index is 581. The summed E-state index contributed by atoms with van der Waals surface area (Å²) in [7, 11) is 0.